The van der Waals surface area contributed by atoms with Crippen LogP contribution in [0.25, 0.3) is 22.2 Å². The smallest absolute Gasteiger partial charge is 0.347 e. The van der Waals surface area contributed by atoms with E-state index < -0.39 is 17.9 Å². The van der Waals surface area contributed by atoms with Crippen molar-refractivity contribution in [2.24, 2.45) is 0 Å². The maximum absolute atomic E-state index is 14.3. The minimum atomic E-state index is -4.87. The van der Waals surface area contributed by atoms with Crippen LogP contribution in [-0.4, -0.2) is 52.1 Å². The number of ether oxygens (including phenoxy) is 1. The molecule has 7 nitrogen and oxygen atoms in total. The lowest BCUT2D eigenvalue weighted by Gasteiger charge is -2.36. The monoisotopic (exact) mass is 521 g/mol. The molecule has 0 bridgehead atoms. The van der Waals surface area contributed by atoms with E-state index in [-0.39, 0.29) is 11.0 Å². The van der Waals surface area contributed by atoms with Crippen molar-refractivity contribution in [2.45, 2.75) is 36.7 Å². The molecular weight excluding hydrogens is 495 g/mol. The van der Waals surface area contributed by atoms with Crippen LogP contribution in [-0.2, 0) is 22.4 Å². The molecule has 2 aliphatic heterocycles. The van der Waals surface area contributed by atoms with Crippen molar-refractivity contribution < 1.29 is 22.7 Å². The van der Waals surface area contributed by atoms with Gasteiger partial charge in [-0.2, -0.15) is 18.3 Å². The zero-order valence-electron chi connectivity index (χ0n) is 20.7. The van der Waals surface area contributed by atoms with E-state index in [2.05, 4.69) is 10.3 Å². The first kappa shape index (κ1) is 24.4. The number of nitrogens with zero attached hydrogens (tertiary/aromatic N) is 4. The van der Waals surface area contributed by atoms with Gasteiger partial charge in [-0.1, -0.05) is 48.5 Å². The Labute approximate surface area is 217 Å². The molecule has 6 rings (SSSR count). The van der Waals surface area contributed by atoms with Gasteiger partial charge in [-0.25, -0.2) is 4.79 Å². The molecule has 2 amide bonds. The van der Waals surface area contributed by atoms with Crippen molar-refractivity contribution in [3.8, 4) is 11.3 Å². The van der Waals surface area contributed by atoms with E-state index in [1.807, 2.05) is 41.1 Å². The highest BCUT2D eigenvalue weighted by atomic mass is 19.4. The molecule has 10 heteroatoms. The quantitative estimate of drug-likeness (QED) is 0.374. The predicted molar refractivity (Wildman–Crippen MR) is 135 cm³/mol. The Balaban J connectivity index is 1.25. The molecular formula is C28H26F3N5O2. The van der Waals surface area contributed by atoms with Crippen LogP contribution in [0.1, 0.15) is 24.1 Å². The molecule has 1 N–H and O–H groups in total. The number of fused-ring (bicyclic) bond motifs is 3. The van der Waals surface area contributed by atoms with Gasteiger partial charge >= 0.3 is 12.2 Å². The van der Waals surface area contributed by atoms with Crippen LogP contribution in [0.2, 0.25) is 0 Å². The Morgan fingerprint density at radius 2 is 1.76 bits per heavy atom. The number of rotatable bonds is 4. The summed E-state index contributed by atoms with van der Waals surface area (Å²) in [4.78, 5) is 19.2. The standard InChI is InChI=1S/C28H26F3N5O2/c1-38-27(28(29,30)31,21-8-3-2-4-9-21)33-25(37)35-13-11-26(18-35)12-14-36-24(26)16-23(34-36)20-15-19-7-5-6-10-22(19)32-17-20/h2-10,15-17H,11-14,18H2,1H3,(H,33,37). The second-order valence-corrected chi connectivity index (χ2v) is 9.94. The zero-order valence-corrected chi connectivity index (χ0v) is 20.7. The molecule has 2 aromatic heterocycles. The molecule has 196 valence electrons. The number of likely N-dealkylation sites (tertiary alicyclic amines) is 1. The highest BCUT2D eigenvalue weighted by Gasteiger charge is 2.59. The highest BCUT2D eigenvalue weighted by Crippen LogP contribution is 2.45. The molecule has 0 aliphatic carbocycles. The van der Waals surface area contributed by atoms with Crippen molar-refractivity contribution in [1.29, 1.82) is 0 Å². The number of urea groups is 1. The van der Waals surface area contributed by atoms with Crippen molar-refractivity contribution in [3.05, 3.63) is 84.2 Å². The molecule has 0 radical (unpaired) electrons. The highest BCUT2D eigenvalue weighted by molar-refractivity contribution is 5.83. The summed E-state index contributed by atoms with van der Waals surface area (Å²) < 4.78 is 49.8. The third-order valence-corrected chi connectivity index (χ3v) is 7.82. The first-order chi connectivity index (χ1) is 18.2. The third-order valence-electron chi connectivity index (χ3n) is 7.82. The van der Waals surface area contributed by atoms with E-state index in [0.29, 0.717) is 26.1 Å². The molecule has 2 unspecified atom stereocenters. The van der Waals surface area contributed by atoms with E-state index in [1.54, 1.807) is 12.3 Å². The molecule has 4 heterocycles. The summed E-state index contributed by atoms with van der Waals surface area (Å²) >= 11 is 0. The van der Waals surface area contributed by atoms with Gasteiger partial charge in [-0.3, -0.25) is 15.0 Å². The summed E-state index contributed by atoms with van der Waals surface area (Å²) in [6.07, 6.45) is -1.67. The Morgan fingerprint density at radius 3 is 2.53 bits per heavy atom. The number of alkyl halides is 3. The van der Waals surface area contributed by atoms with Gasteiger partial charge in [0, 0.05) is 60.6 Å². The minimum Gasteiger partial charge on any atom is -0.347 e. The topological polar surface area (TPSA) is 72.3 Å². The van der Waals surface area contributed by atoms with Crippen LogP contribution in [0.15, 0.2) is 72.9 Å². The summed E-state index contributed by atoms with van der Waals surface area (Å²) in [7, 11) is 0.949. The number of hydrogen-bond acceptors (Lipinski definition) is 4. The van der Waals surface area contributed by atoms with Gasteiger partial charge in [0.05, 0.1) is 11.2 Å². The van der Waals surface area contributed by atoms with Crippen molar-refractivity contribution in [2.75, 3.05) is 20.2 Å². The average Bonchev–Trinajstić information content (AvgIpc) is 3.63. The molecule has 2 atom stereocenters. The maximum Gasteiger partial charge on any atom is 0.441 e. The third kappa shape index (κ3) is 3.82. The summed E-state index contributed by atoms with van der Waals surface area (Å²) in [5, 5.41) is 7.97. The fourth-order valence-electron chi connectivity index (χ4n) is 5.77. The molecule has 2 aliphatic rings. The predicted octanol–water partition coefficient (Wildman–Crippen LogP) is 5.22. The number of carbonyl (C=O) groups excluding carboxylic acids is 1. The Bertz CT molecular complexity index is 1510. The van der Waals surface area contributed by atoms with Gasteiger partial charge in [-0.05, 0) is 31.0 Å². The maximum atomic E-state index is 14.3. The summed E-state index contributed by atoms with van der Waals surface area (Å²) in [6, 6.07) is 18.3. The SMILES string of the molecule is COC(NC(=O)N1CCC2(CCn3nc(-c4cnc5ccccc5c4)cc32)C1)(c1ccccc1)C(F)(F)F. The van der Waals surface area contributed by atoms with Crippen molar-refractivity contribution in [1.82, 2.24) is 25.0 Å². The van der Waals surface area contributed by atoms with Crippen LogP contribution in [0.4, 0.5) is 18.0 Å². The molecule has 4 aromatic rings. The fraction of sp³-hybridized carbons (Fsp3) is 0.321. The average molecular weight is 522 g/mol. The summed E-state index contributed by atoms with van der Waals surface area (Å²) in [5.41, 5.74) is 0.0738. The van der Waals surface area contributed by atoms with Crippen LogP contribution < -0.4 is 5.32 Å². The van der Waals surface area contributed by atoms with Crippen LogP contribution in [0, 0.1) is 0 Å². The summed E-state index contributed by atoms with van der Waals surface area (Å²) in [6.45, 7) is 1.31. The minimum absolute atomic E-state index is 0.190. The van der Waals surface area contributed by atoms with Gasteiger partial charge in [0.25, 0.3) is 5.72 Å². The number of amides is 2. The van der Waals surface area contributed by atoms with Crippen LogP contribution in [0.3, 0.4) is 0 Å². The first-order valence-corrected chi connectivity index (χ1v) is 12.4. The van der Waals surface area contributed by atoms with Crippen LogP contribution in [0.5, 0.6) is 0 Å². The number of nitrogens with one attached hydrogen (secondary N) is 1. The van der Waals surface area contributed by atoms with Gasteiger partial charge < -0.3 is 9.64 Å². The van der Waals surface area contributed by atoms with E-state index in [0.717, 1.165) is 41.4 Å². The van der Waals surface area contributed by atoms with Gasteiger partial charge in [0.2, 0.25) is 0 Å². The number of para-hydroxylation sites is 1. The zero-order chi connectivity index (χ0) is 26.5. The Kier molecular flexibility index (Phi) is 5.68. The Hall–Kier alpha value is -3.92. The van der Waals surface area contributed by atoms with Crippen LogP contribution >= 0.6 is 0 Å². The number of methoxy groups -OCH3 is 1. The van der Waals surface area contributed by atoms with Crippen molar-refractivity contribution in [3.63, 3.8) is 0 Å². The molecule has 2 aromatic carbocycles. The molecule has 1 saturated heterocycles. The first-order valence-electron chi connectivity index (χ1n) is 12.4. The van der Waals surface area contributed by atoms with Gasteiger partial charge in [0.1, 0.15) is 0 Å². The second kappa shape index (κ2) is 8.83. The van der Waals surface area contributed by atoms with E-state index in [4.69, 9.17) is 9.84 Å². The number of aromatic nitrogens is 3. The Morgan fingerprint density at radius 1 is 1.03 bits per heavy atom. The second-order valence-electron chi connectivity index (χ2n) is 9.94. The molecule has 0 saturated carbocycles. The van der Waals surface area contributed by atoms with E-state index in [9.17, 15) is 18.0 Å². The largest absolute Gasteiger partial charge is 0.441 e. The number of hydrogen-bond donors (Lipinski definition) is 1. The van der Waals surface area contributed by atoms with Gasteiger partial charge in [0.15, 0.2) is 0 Å². The molecule has 1 fully saturated rings. The molecule has 38 heavy (non-hydrogen) atoms. The van der Waals surface area contributed by atoms with Gasteiger partial charge in [-0.15, -0.1) is 0 Å². The number of pyridine rings is 1. The summed E-state index contributed by atoms with van der Waals surface area (Å²) in [5.74, 6) is 0. The number of halogens is 3. The number of benzene rings is 2. The lowest BCUT2D eigenvalue weighted by atomic mass is 9.82. The van der Waals surface area contributed by atoms with Crippen molar-refractivity contribution >= 4 is 16.9 Å². The lowest BCUT2D eigenvalue weighted by Crippen LogP contribution is -2.60. The fourth-order valence-corrected chi connectivity index (χ4v) is 5.77. The van der Waals surface area contributed by atoms with E-state index >= 15 is 0 Å². The van der Waals surface area contributed by atoms with E-state index in [1.165, 1.54) is 29.2 Å². The molecule has 1 spiro atoms. The number of carbonyl (C=O) groups is 1. The lowest BCUT2D eigenvalue weighted by molar-refractivity contribution is -0.285. The number of aryl methyl sites for hydroxylation is 1. The normalized spacial score (nSPS) is 20.6.